The molecule has 2 aromatic carbocycles. The van der Waals surface area contributed by atoms with Crippen LogP contribution in [0, 0.1) is 6.92 Å². The van der Waals surface area contributed by atoms with Gasteiger partial charge in [-0.2, -0.15) is 0 Å². The molecular formula is C18H14O7. The predicted molar refractivity (Wildman–Crippen MR) is 85.7 cm³/mol. The van der Waals surface area contributed by atoms with Gasteiger partial charge in [-0.1, -0.05) is 0 Å². The number of rotatable bonds is 2. The lowest BCUT2D eigenvalue weighted by Gasteiger charge is -2.22. The molecule has 2 N–H and O–H groups in total. The number of aromatic hydroxyl groups is 2. The van der Waals surface area contributed by atoms with E-state index in [0.717, 1.165) is 6.92 Å². The second-order valence-electron chi connectivity index (χ2n) is 5.61. The van der Waals surface area contributed by atoms with Crippen LogP contribution in [0.3, 0.4) is 0 Å². The first kappa shape index (κ1) is 16.5. The highest BCUT2D eigenvalue weighted by Crippen LogP contribution is 2.44. The standard InChI is InChI=1S/C18H14O7/c1-7-4-9-10(5-11(7)20)16(21)14-12(25-8(2)19)6-13(24-3)18(23)15(14)17(9)22/h4-6,20,23H,1-3H3. The van der Waals surface area contributed by atoms with Crippen molar-refractivity contribution in [3.8, 4) is 23.0 Å². The third-order valence-electron chi connectivity index (χ3n) is 3.98. The van der Waals surface area contributed by atoms with Crippen LogP contribution >= 0.6 is 0 Å². The molecule has 0 spiro atoms. The van der Waals surface area contributed by atoms with Gasteiger partial charge in [-0.25, -0.2) is 0 Å². The first-order valence-electron chi connectivity index (χ1n) is 7.31. The molecule has 0 atom stereocenters. The van der Waals surface area contributed by atoms with Gasteiger partial charge in [0.1, 0.15) is 11.5 Å². The summed E-state index contributed by atoms with van der Waals surface area (Å²) in [5, 5.41) is 20.2. The number of benzene rings is 2. The van der Waals surface area contributed by atoms with E-state index in [1.54, 1.807) is 6.92 Å². The Morgan fingerprint density at radius 1 is 0.960 bits per heavy atom. The Bertz CT molecular complexity index is 957. The maximum absolute atomic E-state index is 12.9. The quantitative estimate of drug-likeness (QED) is 0.542. The smallest absolute Gasteiger partial charge is 0.308 e. The summed E-state index contributed by atoms with van der Waals surface area (Å²) in [6, 6.07) is 3.73. The fraction of sp³-hybridized carbons (Fsp3) is 0.167. The molecule has 0 aliphatic heterocycles. The van der Waals surface area contributed by atoms with Gasteiger partial charge in [0.15, 0.2) is 23.1 Å². The second-order valence-corrected chi connectivity index (χ2v) is 5.61. The lowest BCUT2D eigenvalue weighted by atomic mass is 9.82. The summed E-state index contributed by atoms with van der Waals surface area (Å²) in [7, 11) is 1.27. The number of phenols is 2. The van der Waals surface area contributed by atoms with Crippen molar-refractivity contribution in [3.05, 3.63) is 46.0 Å². The molecule has 128 valence electrons. The number of phenolic OH excluding ortho intramolecular Hbond substituents is 2. The van der Waals surface area contributed by atoms with Gasteiger partial charge in [0, 0.05) is 24.1 Å². The molecule has 0 saturated carbocycles. The van der Waals surface area contributed by atoms with E-state index in [1.165, 1.54) is 25.3 Å². The number of hydrogen-bond donors (Lipinski definition) is 2. The van der Waals surface area contributed by atoms with Crippen LogP contribution < -0.4 is 9.47 Å². The van der Waals surface area contributed by atoms with Crippen LogP contribution in [0.1, 0.15) is 44.3 Å². The number of hydrogen-bond acceptors (Lipinski definition) is 7. The molecule has 0 heterocycles. The number of esters is 1. The maximum Gasteiger partial charge on any atom is 0.308 e. The molecule has 1 aliphatic carbocycles. The molecule has 0 unspecified atom stereocenters. The Balaban J connectivity index is 2.37. The lowest BCUT2D eigenvalue weighted by molar-refractivity contribution is -0.131. The normalized spacial score (nSPS) is 12.4. The largest absolute Gasteiger partial charge is 0.508 e. The number of carbonyl (C=O) groups excluding carboxylic acids is 3. The van der Waals surface area contributed by atoms with Gasteiger partial charge < -0.3 is 19.7 Å². The Labute approximate surface area is 142 Å². The average Bonchev–Trinajstić information content (AvgIpc) is 2.55. The predicted octanol–water partition coefficient (Wildman–Crippen LogP) is 2.12. The molecule has 1 aliphatic rings. The van der Waals surface area contributed by atoms with Crippen molar-refractivity contribution in [2.45, 2.75) is 13.8 Å². The summed E-state index contributed by atoms with van der Waals surface area (Å²) < 4.78 is 10.0. The fourth-order valence-electron chi connectivity index (χ4n) is 2.80. The highest BCUT2D eigenvalue weighted by Gasteiger charge is 2.37. The van der Waals surface area contributed by atoms with Gasteiger partial charge in [-0.05, 0) is 24.6 Å². The third-order valence-corrected chi connectivity index (χ3v) is 3.98. The molecule has 0 bridgehead atoms. The molecule has 0 aromatic heterocycles. The molecule has 0 fully saturated rings. The zero-order valence-corrected chi connectivity index (χ0v) is 13.7. The van der Waals surface area contributed by atoms with Gasteiger partial charge in [-0.15, -0.1) is 0 Å². The highest BCUT2D eigenvalue weighted by molar-refractivity contribution is 6.30. The summed E-state index contributed by atoms with van der Waals surface area (Å²) in [5.74, 6) is -2.92. The van der Waals surface area contributed by atoms with E-state index < -0.39 is 23.3 Å². The van der Waals surface area contributed by atoms with Crippen LogP contribution in [-0.2, 0) is 4.79 Å². The topological polar surface area (TPSA) is 110 Å². The molecular weight excluding hydrogens is 328 g/mol. The summed E-state index contributed by atoms with van der Waals surface area (Å²) in [4.78, 5) is 37.1. The minimum Gasteiger partial charge on any atom is -0.508 e. The van der Waals surface area contributed by atoms with Crippen molar-refractivity contribution in [1.82, 2.24) is 0 Å². The van der Waals surface area contributed by atoms with Gasteiger partial charge in [0.2, 0.25) is 0 Å². The van der Waals surface area contributed by atoms with Crippen molar-refractivity contribution in [3.63, 3.8) is 0 Å². The number of fused-ring (bicyclic) bond motifs is 2. The SMILES string of the molecule is COc1cc(OC(C)=O)c2c(c1O)C(=O)c1cc(C)c(O)cc1C2=O. The van der Waals surface area contributed by atoms with Crippen molar-refractivity contribution < 1.29 is 34.1 Å². The third kappa shape index (κ3) is 2.40. The molecule has 2 aromatic rings. The zero-order valence-electron chi connectivity index (χ0n) is 13.7. The minimum atomic E-state index is -0.701. The molecule has 0 saturated heterocycles. The van der Waals surface area contributed by atoms with Gasteiger partial charge in [-0.3, -0.25) is 14.4 Å². The summed E-state index contributed by atoms with van der Waals surface area (Å²) in [5.41, 5.74) is -0.109. The first-order chi connectivity index (χ1) is 11.8. The molecule has 3 rings (SSSR count). The minimum absolute atomic E-state index is 0.0291. The van der Waals surface area contributed by atoms with Crippen LogP contribution in [0.15, 0.2) is 18.2 Å². The molecule has 0 amide bonds. The zero-order chi connectivity index (χ0) is 18.5. The maximum atomic E-state index is 12.9. The number of ether oxygens (including phenoxy) is 2. The Kier molecular flexibility index (Phi) is 3.71. The number of methoxy groups -OCH3 is 1. The van der Waals surface area contributed by atoms with Crippen molar-refractivity contribution in [1.29, 1.82) is 0 Å². The van der Waals surface area contributed by atoms with E-state index in [-0.39, 0.29) is 39.5 Å². The van der Waals surface area contributed by atoms with Crippen LogP contribution in [0.4, 0.5) is 0 Å². The van der Waals surface area contributed by atoms with Crippen molar-refractivity contribution >= 4 is 17.5 Å². The molecule has 7 nitrogen and oxygen atoms in total. The van der Waals surface area contributed by atoms with Crippen molar-refractivity contribution in [2.24, 2.45) is 0 Å². The average molecular weight is 342 g/mol. The van der Waals surface area contributed by atoms with Crippen molar-refractivity contribution in [2.75, 3.05) is 7.11 Å². The van der Waals surface area contributed by atoms with Crippen LogP contribution in [0.2, 0.25) is 0 Å². The van der Waals surface area contributed by atoms with Crippen LogP contribution in [0.5, 0.6) is 23.0 Å². The Hall–Kier alpha value is -3.35. The van der Waals surface area contributed by atoms with Crippen LogP contribution in [-0.4, -0.2) is 34.9 Å². The highest BCUT2D eigenvalue weighted by atomic mass is 16.5. The van der Waals surface area contributed by atoms with E-state index in [1.807, 2.05) is 0 Å². The lowest BCUT2D eigenvalue weighted by Crippen LogP contribution is -2.23. The molecule has 0 radical (unpaired) electrons. The Morgan fingerprint density at radius 3 is 2.16 bits per heavy atom. The van der Waals surface area contributed by atoms with E-state index in [0.29, 0.717) is 5.56 Å². The summed E-state index contributed by atoms with van der Waals surface area (Å²) in [6.45, 7) is 2.72. The monoisotopic (exact) mass is 342 g/mol. The van der Waals surface area contributed by atoms with E-state index in [2.05, 4.69) is 0 Å². The number of aryl methyl sites for hydroxylation is 1. The first-order valence-corrected chi connectivity index (χ1v) is 7.31. The molecule has 7 heteroatoms. The van der Waals surface area contributed by atoms with Gasteiger partial charge in [0.05, 0.1) is 18.2 Å². The summed E-state index contributed by atoms with van der Waals surface area (Å²) >= 11 is 0. The van der Waals surface area contributed by atoms with E-state index in [9.17, 15) is 24.6 Å². The van der Waals surface area contributed by atoms with Crippen LogP contribution in [0.25, 0.3) is 0 Å². The fourth-order valence-corrected chi connectivity index (χ4v) is 2.80. The number of carbonyl (C=O) groups is 3. The van der Waals surface area contributed by atoms with Gasteiger partial charge in [0.25, 0.3) is 0 Å². The van der Waals surface area contributed by atoms with E-state index in [4.69, 9.17) is 9.47 Å². The second kappa shape index (κ2) is 5.62. The Morgan fingerprint density at radius 2 is 1.56 bits per heavy atom. The number of ketones is 2. The summed E-state index contributed by atoms with van der Waals surface area (Å²) in [6.07, 6.45) is 0. The van der Waals surface area contributed by atoms with E-state index >= 15 is 0 Å². The molecule has 25 heavy (non-hydrogen) atoms. The van der Waals surface area contributed by atoms with Gasteiger partial charge >= 0.3 is 5.97 Å².